The van der Waals surface area contributed by atoms with Crippen molar-refractivity contribution in [3.05, 3.63) is 60.2 Å². The van der Waals surface area contributed by atoms with Gasteiger partial charge in [-0.3, -0.25) is 0 Å². The van der Waals surface area contributed by atoms with Gasteiger partial charge in [-0.05, 0) is 37.4 Å². The van der Waals surface area contributed by atoms with Crippen molar-refractivity contribution in [2.45, 2.75) is 20.8 Å². The Morgan fingerprint density at radius 2 is 1.88 bits per heavy atom. The molecule has 2 rings (SSSR count). The summed E-state index contributed by atoms with van der Waals surface area (Å²) in [6.07, 6.45) is 8.54. The molecule has 0 aliphatic heterocycles. The normalized spacial score (nSPS) is 22.0. The number of carbonyl (C=O) groups is 1. The summed E-state index contributed by atoms with van der Waals surface area (Å²) in [5.41, 5.74) is 12.3. The van der Waals surface area contributed by atoms with Crippen molar-refractivity contribution >= 4 is 5.97 Å². The molecule has 0 bridgehead atoms. The molecule has 0 saturated heterocycles. The van der Waals surface area contributed by atoms with E-state index in [1.54, 1.807) is 19.1 Å². The van der Waals surface area contributed by atoms with Crippen molar-refractivity contribution in [2.75, 3.05) is 19.7 Å². The van der Waals surface area contributed by atoms with Crippen LogP contribution in [0.15, 0.2) is 54.6 Å². The van der Waals surface area contributed by atoms with Gasteiger partial charge in [0.1, 0.15) is 0 Å². The first-order valence-corrected chi connectivity index (χ1v) is 8.50. The number of nitrogens with two attached hydrogens (primary N) is 2. The van der Waals surface area contributed by atoms with E-state index < -0.39 is 0 Å². The summed E-state index contributed by atoms with van der Waals surface area (Å²) in [6, 6.07) is 8.96. The van der Waals surface area contributed by atoms with E-state index in [1.165, 1.54) is 0 Å². The van der Waals surface area contributed by atoms with Gasteiger partial charge in [-0.15, -0.1) is 0 Å². The predicted molar refractivity (Wildman–Crippen MR) is 99.5 cm³/mol. The van der Waals surface area contributed by atoms with Crippen LogP contribution in [-0.4, -0.2) is 25.7 Å². The summed E-state index contributed by atoms with van der Waals surface area (Å²) in [4.78, 5) is 11.0. The zero-order valence-electron chi connectivity index (χ0n) is 14.9. The van der Waals surface area contributed by atoms with E-state index in [0.717, 1.165) is 0 Å². The van der Waals surface area contributed by atoms with Gasteiger partial charge in [0.25, 0.3) is 0 Å². The minimum atomic E-state index is -0.256. The summed E-state index contributed by atoms with van der Waals surface area (Å²) < 4.78 is 4.79. The Kier molecular flexibility index (Phi) is 8.44. The largest absolute Gasteiger partial charge is 0.462 e. The van der Waals surface area contributed by atoms with E-state index in [-0.39, 0.29) is 11.4 Å². The molecular weight excluding hydrogens is 300 g/mol. The second kappa shape index (κ2) is 10.1. The third-order valence-corrected chi connectivity index (χ3v) is 4.52. The van der Waals surface area contributed by atoms with Gasteiger partial charge in [-0.2, -0.15) is 0 Å². The fraction of sp³-hybridized carbons (Fsp3) is 0.450. The van der Waals surface area contributed by atoms with Crippen molar-refractivity contribution in [2.24, 2.45) is 28.7 Å². The average molecular weight is 330 g/mol. The number of esters is 1. The molecule has 0 radical (unpaired) electrons. The van der Waals surface area contributed by atoms with Crippen LogP contribution in [0.2, 0.25) is 0 Å². The molecule has 4 heteroatoms. The Labute approximate surface area is 145 Å². The van der Waals surface area contributed by atoms with Gasteiger partial charge in [-0.1, -0.05) is 56.4 Å². The van der Waals surface area contributed by atoms with Crippen LogP contribution in [0.4, 0.5) is 0 Å². The lowest BCUT2D eigenvalue weighted by Crippen LogP contribution is -2.44. The first kappa shape index (κ1) is 20.1. The Balaban J connectivity index is 0.000000243. The lowest BCUT2D eigenvalue weighted by atomic mass is 9.66. The average Bonchev–Trinajstić information content (AvgIpc) is 2.62. The minimum Gasteiger partial charge on any atom is -0.462 e. The van der Waals surface area contributed by atoms with Gasteiger partial charge in [0.2, 0.25) is 0 Å². The van der Waals surface area contributed by atoms with Gasteiger partial charge in [0.05, 0.1) is 12.2 Å². The molecule has 1 aliphatic carbocycles. The number of hydrogen-bond donors (Lipinski definition) is 2. The third kappa shape index (κ3) is 5.05. The molecule has 0 saturated carbocycles. The second-order valence-corrected chi connectivity index (χ2v) is 6.14. The van der Waals surface area contributed by atoms with E-state index in [4.69, 9.17) is 16.2 Å². The predicted octanol–water partition coefficient (Wildman–Crippen LogP) is 3.15. The lowest BCUT2D eigenvalue weighted by Gasteiger charge is -2.40. The standard InChI is InChI=1S/C11H20N2.C9H10O2/c1-9(2)11(8-13)6-4-3-5-10(11)7-12;1-2-11-9(10)8-6-4-3-5-7-8/h3-6,9-10H,7-8,12-13H2,1-2H3;3-7H,2H2,1H3. The molecule has 24 heavy (non-hydrogen) atoms. The van der Waals surface area contributed by atoms with Crippen LogP contribution in [0.3, 0.4) is 0 Å². The van der Waals surface area contributed by atoms with Crippen molar-refractivity contribution < 1.29 is 9.53 Å². The fourth-order valence-corrected chi connectivity index (χ4v) is 2.90. The molecule has 132 valence electrons. The number of benzene rings is 1. The van der Waals surface area contributed by atoms with Crippen LogP contribution in [-0.2, 0) is 4.74 Å². The van der Waals surface area contributed by atoms with Gasteiger partial charge in [-0.25, -0.2) is 4.79 Å². The smallest absolute Gasteiger partial charge is 0.338 e. The SMILES string of the molecule is CC(C)C1(CN)C=CC=CC1CN.CCOC(=O)c1ccccc1. The topological polar surface area (TPSA) is 78.3 Å². The molecule has 2 unspecified atom stereocenters. The molecule has 0 amide bonds. The highest BCUT2D eigenvalue weighted by molar-refractivity contribution is 5.89. The number of rotatable bonds is 5. The maximum Gasteiger partial charge on any atom is 0.338 e. The van der Waals surface area contributed by atoms with Crippen LogP contribution in [0.5, 0.6) is 0 Å². The van der Waals surface area contributed by atoms with Crippen molar-refractivity contribution in [1.29, 1.82) is 0 Å². The van der Waals surface area contributed by atoms with Crippen LogP contribution in [0.1, 0.15) is 31.1 Å². The fourth-order valence-electron chi connectivity index (χ4n) is 2.90. The lowest BCUT2D eigenvalue weighted by molar-refractivity contribution is 0.0526. The van der Waals surface area contributed by atoms with Crippen LogP contribution in [0.25, 0.3) is 0 Å². The van der Waals surface area contributed by atoms with Crippen LogP contribution in [0, 0.1) is 17.3 Å². The first-order valence-electron chi connectivity index (χ1n) is 8.50. The third-order valence-electron chi connectivity index (χ3n) is 4.52. The van der Waals surface area contributed by atoms with Gasteiger partial charge >= 0.3 is 5.97 Å². The molecule has 0 fully saturated rings. The Hall–Kier alpha value is -1.91. The minimum absolute atomic E-state index is 0.0729. The number of allylic oxidation sites excluding steroid dienone is 2. The van der Waals surface area contributed by atoms with E-state index >= 15 is 0 Å². The maximum absolute atomic E-state index is 11.0. The molecule has 0 spiro atoms. The summed E-state index contributed by atoms with van der Waals surface area (Å²) in [5.74, 6) is 0.669. The summed E-state index contributed by atoms with van der Waals surface area (Å²) in [6.45, 7) is 7.98. The first-order chi connectivity index (χ1) is 11.5. The highest BCUT2D eigenvalue weighted by Crippen LogP contribution is 2.39. The van der Waals surface area contributed by atoms with Crippen molar-refractivity contribution in [1.82, 2.24) is 0 Å². The van der Waals surface area contributed by atoms with Gasteiger partial charge < -0.3 is 16.2 Å². The monoisotopic (exact) mass is 330 g/mol. The Morgan fingerprint density at radius 1 is 1.21 bits per heavy atom. The van der Waals surface area contributed by atoms with E-state index in [1.807, 2.05) is 18.2 Å². The van der Waals surface area contributed by atoms with Crippen molar-refractivity contribution in [3.63, 3.8) is 0 Å². The van der Waals surface area contributed by atoms with Crippen LogP contribution >= 0.6 is 0 Å². The highest BCUT2D eigenvalue weighted by Gasteiger charge is 2.36. The van der Waals surface area contributed by atoms with Crippen molar-refractivity contribution in [3.8, 4) is 0 Å². The molecule has 1 aromatic carbocycles. The summed E-state index contributed by atoms with van der Waals surface area (Å²) in [5, 5.41) is 0. The van der Waals surface area contributed by atoms with E-state index in [0.29, 0.717) is 37.1 Å². The quantitative estimate of drug-likeness (QED) is 0.813. The van der Waals surface area contributed by atoms with E-state index in [9.17, 15) is 4.79 Å². The van der Waals surface area contributed by atoms with E-state index in [2.05, 4.69) is 38.2 Å². The molecule has 1 aromatic rings. The number of carbonyl (C=O) groups excluding carboxylic acids is 1. The zero-order valence-corrected chi connectivity index (χ0v) is 14.9. The molecule has 4 nitrogen and oxygen atoms in total. The number of hydrogen-bond acceptors (Lipinski definition) is 4. The molecule has 2 atom stereocenters. The number of ether oxygens (including phenoxy) is 1. The second-order valence-electron chi connectivity index (χ2n) is 6.14. The Bertz CT molecular complexity index is 552. The molecule has 0 heterocycles. The summed E-state index contributed by atoms with van der Waals surface area (Å²) >= 11 is 0. The molecular formula is C20H30N2O2. The maximum atomic E-state index is 11.0. The molecule has 0 aromatic heterocycles. The Morgan fingerprint density at radius 3 is 2.33 bits per heavy atom. The zero-order chi connectivity index (χ0) is 18.0. The van der Waals surface area contributed by atoms with Gasteiger partial charge in [0, 0.05) is 12.0 Å². The molecule has 4 N–H and O–H groups in total. The molecule has 1 aliphatic rings. The summed E-state index contributed by atoms with van der Waals surface area (Å²) in [7, 11) is 0. The van der Waals surface area contributed by atoms with Gasteiger partial charge in [0.15, 0.2) is 0 Å². The highest BCUT2D eigenvalue weighted by atomic mass is 16.5. The van der Waals surface area contributed by atoms with Crippen LogP contribution < -0.4 is 11.5 Å².